The Bertz CT molecular complexity index is 413. The van der Waals surface area contributed by atoms with Gasteiger partial charge in [0.2, 0.25) is 0 Å². The molecule has 0 bridgehead atoms. The molecule has 1 atom stereocenters. The van der Waals surface area contributed by atoms with E-state index in [0.717, 1.165) is 22.7 Å². The van der Waals surface area contributed by atoms with E-state index in [1.54, 1.807) is 7.11 Å². The maximum absolute atomic E-state index is 5.44. The van der Waals surface area contributed by atoms with E-state index >= 15 is 0 Å². The summed E-state index contributed by atoms with van der Waals surface area (Å²) in [7, 11) is 1.74. The van der Waals surface area contributed by atoms with E-state index in [4.69, 9.17) is 4.74 Å². The van der Waals surface area contributed by atoms with Crippen molar-refractivity contribution in [3.63, 3.8) is 0 Å². The van der Waals surface area contributed by atoms with Gasteiger partial charge in [-0.1, -0.05) is 41.6 Å². The van der Waals surface area contributed by atoms with Gasteiger partial charge in [0, 0.05) is 22.6 Å². The summed E-state index contributed by atoms with van der Waals surface area (Å²) in [6, 6.07) is 6.77. The molecular formula is C17H26BrNO. The first-order valence-electron chi connectivity index (χ1n) is 7.76. The van der Waals surface area contributed by atoms with Crippen LogP contribution in [0.2, 0.25) is 0 Å². The molecule has 1 fully saturated rings. The van der Waals surface area contributed by atoms with Gasteiger partial charge in [-0.3, -0.25) is 0 Å². The van der Waals surface area contributed by atoms with E-state index in [0.29, 0.717) is 6.04 Å². The van der Waals surface area contributed by atoms with Gasteiger partial charge in [-0.25, -0.2) is 0 Å². The standard InChI is InChI=1S/C17H26BrNO/c1-13(14-7-5-3-4-6-8-14)19-12-15-11-16(18)9-10-17(15)20-2/h9-11,13-14,19H,3-8,12H2,1-2H3/t13-/m1/s1. The molecule has 0 unspecified atom stereocenters. The molecule has 0 heterocycles. The lowest BCUT2D eigenvalue weighted by Crippen LogP contribution is -2.33. The molecule has 3 heteroatoms. The van der Waals surface area contributed by atoms with Crippen molar-refractivity contribution in [2.24, 2.45) is 5.92 Å². The molecule has 0 aliphatic heterocycles. The number of methoxy groups -OCH3 is 1. The fourth-order valence-corrected chi connectivity index (χ4v) is 3.54. The van der Waals surface area contributed by atoms with Crippen LogP contribution in [-0.4, -0.2) is 13.2 Å². The zero-order valence-corrected chi connectivity index (χ0v) is 14.2. The van der Waals surface area contributed by atoms with Crippen molar-refractivity contribution in [2.45, 2.75) is 58.0 Å². The van der Waals surface area contributed by atoms with Gasteiger partial charge in [-0.15, -0.1) is 0 Å². The van der Waals surface area contributed by atoms with Gasteiger partial charge >= 0.3 is 0 Å². The first-order valence-corrected chi connectivity index (χ1v) is 8.56. The molecule has 0 spiro atoms. The van der Waals surface area contributed by atoms with Crippen LogP contribution in [0.1, 0.15) is 51.0 Å². The number of halogens is 1. The minimum absolute atomic E-state index is 0.580. The van der Waals surface area contributed by atoms with Crippen LogP contribution in [0.25, 0.3) is 0 Å². The van der Waals surface area contributed by atoms with Crippen LogP contribution in [0, 0.1) is 5.92 Å². The molecule has 112 valence electrons. The summed E-state index contributed by atoms with van der Waals surface area (Å²) in [4.78, 5) is 0. The van der Waals surface area contributed by atoms with E-state index in [1.807, 2.05) is 12.1 Å². The average Bonchev–Trinajstić information content (AvgIpc) is 2.74. The summed E-state index contributed by atoms with van der Waals surface area (Å²) in [6.07, 6.45) is 8.40. The van der Waals surface area contributed by atoms with Gasteiger partial charge < -0.3 is 10.1 Å². The maximum atomic E-state index is 5.44. The van der Waals surface area contributed by atoms with Crippen molar-refractivity contribution in [1.29, 1.82) is 0 Å². The number of nitrogens with one attached hydrogen (secondary N) is 1. The fourth-order valence-electron chi connectivity index (χ4n) is 3.13. The molecule has 2 nitrogen and oxygen atoms in total. The Hall–Kier alpha value is -0.540. The number of hydrogen-bond acceptors (Lipinski definition) is 2. The molecular weight excluding hydrogens is 314 g/mol. The van der Waals surface area contributed by atoms with Crippen LogP contribution in [-0.2, 0) is 6.54 Å². The fraction of sp³-hybridized carbons (Fsp3) is 0.647. The van der Waals surface area contributed by atoms with E-state index in [9.17, 15) is 0 Å². The molecule has 0 aromatic heterocycles. The van der Waals surface area contributed by atoms with Crippen molar-refractivity contribution in [1.82, 2.24) is 5.32 Å². The Kier molecular flexibility index (Phi) is 6.37. The molecule has 1 aromatic rings. The minimum atomic E-state index is 0.580. The number of ether oxygens (including phenoxy) is 1. The number of rotatable bonds is 5. The first-order chi connectivity index (χ1) is 9.70. The molecule has 1 saturated carbocycles. The van der Waals surface area contributed by atoms with Crippen molar-refractivity contribution in [2.75, 3.05) is 7.11 Å². The summed E-state index contributed by atoms with van der Waals surface area (Å²) in [5, 5.41) is 3.70. The van der Waals surface area contributed by atoms with E-state index < -0.39 is 0 Å². The van der Waals surface area contributed by atoms with Gasteiger partial charge in [0.25, 0.3) is 0 Å². The average molecular weight is 340 g/mol. The second kappa shape index (κ2) is 8.04. The predicted molar refractivity (Wildman–Crippen MR) is 88.2 cm³/mol. The normalized spacial score (nSPS) is 18.6. The molecule has 0 amide bonds. The van der Waals surface area contributed by atoms with Crippen molar-refractivity contribution >= 4 is 15.9 Å². The Balaban J connectivity index is 1.92. The molecule has 1 aromatic carbocycles. The van der Waals surface area contributed by atoms with Gasteiger partial charge in [0.05, 0.1) is 7.11 Å². The van der Waals surface area contributed by atoms with Crippen molar-refractivity contribution in [3.8, 4) is 5.75 Å². The molecule has 2 rings (SSSR count). The van der Waals surface area contributed by atoms with Crippen LogP contribution in [0.5, 0.6) is 5.75 Å². The van der Waals surface area contributed by atoms with Gasteiger partial charge in [0.1, 0.15) is 5.75 Å². The lowest BCUT2D eigenvalue weighted by atomic mass is 9.93. The molecule has 1 N–H and O–H groups in total. The molecule has 0 saturated heterocycles. The molecule has 20 heavy (non-hydrogen) atoms. The van der Waals surface area contributed by atoms with Gasteiger partial charge in [-0.05, 0) is 43.9 Å². The van der Waals surface area contributed by atoms with E-state index in [-0.39, 0.29) is 0 Å². The summed E-state index contributed by atoms with van der Waals surface area (Å²) < 4.78 is 6.55. The largest absolute Gasteiger partial charge is 0.496 e. The third kappa shape index (κ3) is 4.49. The SMILES string of the molecule is COc1ccc(Br)cc1CN[C@H](C)C1CCCCCC1. The van der Waals surface area contributed by atoms with Crippen molar-refractivity contribution in [3.05, 3.63) is 28.2 Å². The van der Waals surface area contributed by atoms with Crippen LogP contribution in [0.4, 0.5) is 0 Å². The second-order valence-corrected chi connectivity index (χ2v) is 6.79. The van der Waals surface area contributed by atoms with Crippen LogP contribution < -0.4 is 10.1 Å². The summed E-state index contributed by atoms with van der Waals surface area (Å²) in [6.45, 7) is 3.21. The van der Waals surface area contributed by atoms with Crippen LogP contribution >= 0.6 is 15.9 Å². The van der Waals surface area contributed by atoms with Gasteiger partial charge in [0.15, 0.2) is 0 Å². The zero-order chi connectivity index (χ0) is 14.4. The van der Waals surface area contributed by atoms with E-state index in [1.165, 1.54) is 44.1 Å². The lowest BCUT2D eigenvalue weighted by Gasteiger charge is -2.24. The summed E-state index contributed by atoms with van der Waals surface area (Å²) >= 11 is 3.54. The molecule has 0 radical (unpaired) electrons. The Labute approximate surface area is 131 Å². The quantitative estimate of drug-likeness (QED) is 0.769. The van der Waals surface area contributed by atoms with Gasteiger partial charge in [-0.2, -0.15) is 0 Å². The molecule has 1 aliphatic carbocycles. The highest BCUT2D eigenvalue weighted by Gasteiger charge is 2.18. The third-order valence-electron chi connectivity index (χ3n) is 4.46. The molecule has 1 aliphatic rings. The topological polar surface area (TPSA) is 21.3 Å². The third-order valence-corrected chi connectivity index (χ3v) is 4.96. The smallest absolute Gasteiger partial charge is 0.123 e. The maximum Gasteiger partial charge on any atom is 0.123 e. The zero-order valence-electron chi connectivity index (χ0n) is 12.6. The summed E-state index contributed by atoms with van der Waals surface area (Å²) in [5.41, 5.74) is 1.22. The van der Waals surface area contributed by atoms with Crippen molar-refractivity contribution < 1.29 is 4.74 Å². The Morgan fingerprint density at radius 3 is 2.60 bits per heavy atom. The second-order valence-electron chi connectivity index (χ2n) is 5.88. The first kappa shape index (κ1) is 15.8. The highest BCUT2D eigenvalue weighted by Crippen LogP contribution is 2.27. The summed E-state index contributed by atoms with van der Waals surface area (Å²) in [5.74, 6) is 1.80. The highest BCUT2D eigenvalue weighted by molar-refractivity contribution is 9.10. The highest BCUT2D eigenvalue weighted by atomic mass is 79.9. The van der Waals surface area contributed by atoms with Crippen LogP contribution in [0.3, 0.4) is 0 Å². The van der Waals surface area contributed by atoms with Crippen LogP contribution in [0.15, 0.2) is 22.7 Å². The minimum Gasteiger partial charge on any atom is -0.496 e. The Morgan fingerprint density at radius 2 is 1.95 bits per heavy atom. The number of hydrogen-bond donors (Lipinski definition) is 1. The predicted octanol–water partition coefficient (Wildman–Crippen LogP) is 4.91. The lowest BCUT2D eigenvalue weighted by molar-refractivity contribution is 0.333. The number of benzene rings is 1. The monoisotopic (exact) mass is 339 g/mol. The Morgan fingerprint density at radius 1 is 1.25 bits per heavy atom. The van der Waals surface area contributed by atoms with E-state index in [2.05, 4.69) is 34.2 Å².